The lowest BCUT2D eigenvalue weighted by atomic mass is 9.99. The SMILES string of the molecule is CN(CCNC(=O)N1CCCC(CO)C1)Cc1ccc(F)cc1. The summed E-state index contributed by atoms with van der Waals surface area (Å²) in [6, 6.07) is 6.40. The van der Waals surface area contributed by atoms with E-state index in [0.29, 0.717) is 19.6 Å². The smallest absolute Gasteiger partial charge is 0.317 e. The molecule has 6 heteroatoms. The van der Waals surface area contributed by atoms with Gasteiger partial charge in [0.25, 0.3) is 0 Å². The van der Waals surface area contributed by atoms with Gasteiger partial charge in [-0.2, -0.15) is 0 Å². The lowest BCUT2D eigenvalue weighted by Gasteiger charge is -2.32. The van der Waals surface area contributed by atoms with Crippen molar-refractivity contribution in [2.24, 2.45) is 5.92 Å². The molecular weight excluding hydrogens is 297 g/mol. The number of amides is 2. The summed E-state index contributed by atoms with van der Waals surface area (Å²) in [6.07, 6.45) is 1.93. The number of carbonyl (C=O) groups excluding carboxylic acids is 1. The number of likely N-dealkylation sites (N-methyl/N-ethyl adjacent to an activating group) is 1. The molecule has 2 N–H and O–H groups in total. The minimum atomic E-state index is -0.230. The molecule has 0 radical (unpaired) electrons. The van der Waals surface area contributed by atoms with Crippen LogP contribution in [-0.2, 0) is 6.54 Å². The third-order valence-electron chi connectivity index (χ3n) is 4.20. The zero-order valence-electron chi connectivity index (χ0n) is 13.7. The maximum atomic E-state index is 12.9. The summed E-state index contributed by atoms with van der Waals surface area (Å²) >= 11 is 0. The fourth-order valence-corrected chi connectivity index (χ4v) is 2.84. The van der Waals surface area contributed by atoms with E-state index in [2.05, 4.69) is 10.2 Å². The summed E-state index contributed by atoms with van der Waals surface area (Å²) < 4.78 is 12.9. The van der Waals surface area contributed by atoms with E-state index >= 15 is 0 Å². The molecule has 1 heterocycles. The first-order valence-corrected chi connectivity index (χ1v) is 8.15. The van der Waals surface area contributed by atoms with Gasteiger partial charge in [0.15, 0.2) is 0 Å². The molecule has 1 aliphatic rings. The van der Waals surface area contributed by atoms with Gasteiger partial charge in [0.2, 0.25) is 0 Å². The Morgan fingerprint density at radius 3 is 2.87 bits per heavy atom. The molecule has 0 aromatic heterocycles. The van der Waals surface area contributed by atoms with Crippen molar-refractivity contribution in [3.05, 3.63) is 35.6 Å². The second-order valence-corrected chi connectivity index (χ2v) is 6.23. The third-order valence-corrected chi connectivity index (χ3v) is 4.20. The molecule has 1 saturated heterocycles. The number of carbonyl (C=O) groups is 1. The molecule has 1 aliphatic heterocycles. The Labute approximate surface area is 137 Å². The zero-order valence-corrected chi connectivity index (χ0v) is 13.7. The number of nitrogens with one attached hydrogen (secondary N) is 1. The van der Waals surface area contributed by atoms with Crippen LogP contribution in [0.5, 0.6) is 0 Å². The first-order chi connectivity index (χ1) is 11.1. The monoisotopic (exact) mass is 323 g/mol. The largest absolute Gasteiger partial charge is 0.396 e. The maximum Gasteiger partial charge on any atom is 0.317 e. The van der Waals surface area contributed by atoms with Gasteiger partial charge in [0.05, 0.1) is 0 Å². The first-order valence-electron chi connectivity index (χ1n) is 8.15. The van der Waals surface area contributed by atoms with Gasteiger partial charge < -0.3 is 20.2 Å². The van der Waals surface area contributed by atoms with Gasteiger partial charge in [-0.05, 0) is 43.5 Å². The van der Waals surface area contributed by atoms with Crippen molar-refractivity contribution >= 4 is 6.03 Å². The van der Waals surface area contributed by atoms with E-state index in [4.69, 9.17) is 0 Å². The minimum absolute atomic E-state index is 0.0571. The van der Waals surface area contributed by atoms with E-state index in [9.17, 15) is 14.3 Å². The van der Waals surface area contributed by atoms with Gasteiger partial charge in [-0.3, -0.25) is 0 Å². The predicted molar refractivity (Wildman–Crippen MR) is 87.5 cm³/mol. The van der Waals surface area contributed by atoms with Crippen LogP contribution in [0.1, 0.15) is 18.4 Å². The molecule has 23 heavy (non-hydrogen) atoms. The molecule has 2 amide bonds. The van der Waals surface area contributed by atoms with Crippen LogP contribution in [0.2, 0.25) is 0 Å². The number of likely N-dealkylation sites (tertiary alicyclic amines) is 1. The summed E-state index contributed by atoms with van der Waals surface area (Å²) in [5.74, 6) is -0.0259. The Kier molecular flexibility index (Phi) is 6.80. The van der Waals surface area contributed by atoms with E-state index in [1.807, 2.05) is 7.05 Å². The molecule has 1 unspecified atom stereocenters. The predicted octanol–water partition coefficient (Wildman–Crippen LogP) is 1.67. The van der Waals surface area contributed by atoms with E-state index < -0.39 is 0 Å². The van der Waals surface area contributed by atoms with Gasteiger partial charge in [0.1, 0.15) is 5.82 Å². The van der Waals surface area contributed by atoms with E-state index in [1.165, 1.54) is 12.1 Å². The number of aliphatic hydroxyl groups excluding tert-OH is 1. The van der Waals surface area contributed by atoms with Gasteiger partial charge >= 0.3 is 6.03 Å². The van der Waals surface area contributed by atoms with Crippen molar-refractivity contribution in [3.8, 4) is 0 Å². The van der Waals surface area contributed by atoms with Gasteiger partial charge in [-0.1, -0.05) is 12.1 Å². The van der Waals surface area contributed by atoms with Crippen LogP contribution in [0.3, 0.4) is 0 Å². The molecule has 0 saturated carbocycles. The number of nitrogens with zero attached hydrogens (tertiary/aromatic N) is 2. The second kappa shape index (κ2) is 8.84. The minimum Gasteiger partial charge on any atom is -0.396 e. The number of hydrogen-bond acceptors (Lipinski definition) is 3. The molecular formula is C17H26FN3O2. The fourth-order valence-electron chi connectivity index (χ4n) is 2.84. The van der Waals surface area contributed by atoms with Crippen LogP contribution in [-0.4, -0.2) is 60.8 Å². The van der Waals surface area contributed by atoms with Gasteiger partial charge in [-0.25, -0.2) is 9.18 Å². The second-order valence-electron chi connectivity index (χ2n) is 6.23. The van der Waals surface area contributed by atoms with Crippen LogP contribution >= 0.6 is 0 Å². The molecule has 1 aromatic carbocycles. The third kappa shape index (κ3) is 5.80. The van der Waals surface area contributed by atoms with Crippen LogP contribution in [0, 0.1) is 11.7 Å². The number of piperidine rings is 1. The van der Waals surface area contributed by atoms with Crippen LogP contribution in [0.15, 0.2) is 24.3 Å². The number of hydrogen-bond donors (Lipinski definition) is 2. The average molecular weight is 323 g/mol. The number of halogens is 1. The van der Waals surface area contributed by atoms with Crippen molar-refractivity contribution in [2.45, 2.75) is 19.4 Å². The molecule has 1 aromatic rings. The molecule has 128 valence electrons. The van der Waals surface area contributed by atoms with Crippen LogP contribution in [0.25, 0.3) is 0 Å². The molecule has 0 spiro atoms. The highest BCUT2D eigenvalue weighted by atomic mass is 19.1. The molecule has 0 bridgehead atoms. The van der Waals surface area contributed by atoms with Crippen molar-refractivity contribution in [2.75, 3.05) is 39.8 Å². The van der Waals surface area contributed by atoms with Crippen molar-refractivity contribution in [1.29, 1.82) is 0 Å². The highest BCUT2D eigenvalue weighted by Crippen LogP contribution is 2.15. The Bertz CT molecular complexity index is 495. The molecule has 1 fully saturated rings. The quantitative estimate of drug-likeness (QED) is 0.837. The zero-order chi connectivity index (χ0) is 16.7. The normalized spacial score (nSPS) is 18.3. The van der Waals surface area contributed by atoms with E-state index in [1.54, 1.807) is 17.0 Å². The lowest BCUT2D eigenvalue weighted by Crippen LogP contribution is -2.47. The van der Waals surface area contributed by atoms with Crippen LogP contribution < -0.4 is 5.32 Å². The van der Waals surface area contributed by atoms with E-state index in [0.717, 1.165) is 31.5 Å². The summed E-state index contributed by atoms with van der Waals surface area (Å²) in [4.78, 5) is 16.0. The lowest BCUT2D eigenvalue weighted by molar-refractivity contribution is 0.129. The summed E-state index contributed by atoms with van der Waals surface area (Å²) in [5, 5.41) is 12.1. The van der Waals surface area contributed by atoms with Crippen molar-refractivity contribution < 1.29 is 14.3 Å². The summed E-state index contributed by atoms with van der Waals surface area (Å²) in [7, 11) is 1.97. The number of aliphatic hydroxyl groups is 1. The average Bonchev–Trinajstić information content (AvgIpc) is 2.57. The highest BCUT2D eigenvalue weighted by molar-refractivity contribution is 5.74. The van der Waals surface area contributed by atoms with Crippen molar-refractivity contribution in [1.82, 2.24) is 15.1 Å². The standard InChI is InChI=1S/C17H26FN3O2/c1-20(11-14-4-6-16(18)7-5-14)10-8-19-17(23)21-9-2-3-15(12-21)13-22/h4-7,15,22H,2-3,8-13H2,1H3,(H,19,23). The molecule has 2 rings (SSSR count). The number of rotatable bonds is 6. The number of urea groups is 1. The molecule has 0 aliphatic carbocycles. The highest BCUT2D eigenvalue weighted by Gasteiger charge is 2.22. The van der Waals surface area contributed by atoms with Crippen molar-refractivity contribution in [3.63, 3.8) is 0 Å². The Balaban J connectivity index is 1.67. The first kappa shape index (κ1) is 17.7. The fraction of sp³-hybridized carbons (Fsp3) is 0.588. The number of benzene rings is 1. The Morgan fingerprint density at radius 2 is 2.17 bits per heavy atom. The Hall–Kier alpha value is -1.66. The van der Waals surface area contributed by atoms with Crippen LogP contribution in [0.4, 0.5) is 9.18 Å². The summed E-state index contributed by atoms with van der Waals surface area (Å²) in [5.41, 5.74) is 1.04. The summed E-state index contributed by atoms with van der Waals surface area (Å²) in [6.45, 7) is 3.54. The molecule has 1 atom stereocenters. The van der Waals surface area contributed by atoms with Gasteiger partial charge in [-0.15, -0.1) is 0 Å². The van der Waals surface area contributed by atoms with Gasteiger partial charge in [0, 0.05) is 39.3 Å². The topological polar surface area (TPSA) is 55.8 Å². The Morgan fingerprint density at radius 1 is 1.43 bits per heavy atom. The van der Waals surface area contributed by atoms with E-state index in [-0.39, 0.29) is 24.4 Å². The maximum absolute atomic E-state index is 12.9. The molecule has 5 nitrogen and oxygen atoms in total.